The standard InChI is InChI=1S/C26H23NO3S/c28-26(29)22-12-10-19(11-13-22)15-20(16-27-17-23-7-4-14-31-23)18-30-25-9-3-6-21-5-1-2-8-24(21)25/h1-15,27H,16-18H2,(H,28,29). The maximum Gasteiger partial charge on any atom is 0.335 e. The van der Waals surface area contributed by atoms with Crippen LogP contribution in [0.25, 0.3) is 16.8 Å². The molecule has 1 heterocycles. The van der Waals surface area contributed by atoms with Crippen molar-refractivity contribution in [1.82, 2.24) is 5.32 Å². The van der Waals surface area contributed by atoms with Crippen LogP contribution in [0.2, 0.25) is 0 Å². The van der Waals surface area contributed by atoms with E-state index in [-0.39, 0.29) is 5.56 Å². The van der Waals surface area contributed by atoms with Crippen LogP contribution in [-0.4, -0.2) is 24.2 Å². The summed E-state index contributed by atoms with van der Waals surface area (Å²) in [5.74, 6) is -0.0730. The quantitative estimate of drug-likeness (QED) is 0.350. The largest absolute Gasteiger partial charge is 0.489 e. The van der Waals surface area contributed by atoms with Crippen molar-refractivity contribution in [2.24, 2.45) is 0 Å². The van der Waals surface area contributed by atoms with Gasteiger partial charge in [0.25, 0.3) is 0 Å². The van der Waals surface area contributed by atoms with E-state index in [9.17, 15) is 4.79 Å². The van der Waals surface area contributed by atoms with E-state index in [1.165, 1.54) is 4.88 Å². The summed E-state index contributed by atoms with van der Waals surface area (Å²) in [6.45, 7) is 1.90. The Labute approximate surface area is 185 Å². The van der Waals surface area contributed by atoms with E-state index in [0.29, 0.717) is 13.2 Å². The third kappa shape index (κ3) is 5.60. The number of aromatic carboxylic acids is 1. The Hall–Kier alpha value is -3.41. The molecule has 0 aliphatic carbocycles. The second-order valence-electron chi connectivity index (χ2n) is 7.18. The van der Waals surface area contributed by atoms with Gasteiger partial charge in [0.2, 0.25) is 0 Å². The Bertz CT molecular complexity index is 1180. The van der Waals surface area contributed by atoms with Crippen molar-refractivity contribution in [1.29, 1.82) is 0 Å². The molecular formula is C26H23NO3S. The molecule has 0 fully saturated rings. The normalized spacial score (nSPS) is 11.5. The van der Waals surface area contributed by atoms with Gasteiger partial charge in [-0.05, 0) is 46.2 Å². The summed E-state index contributed by atoms with van der Waals surface area (Å²) < 4.78 is 6.20. The van der Waals surface area contributed by atoms with Crippen molar-refractivity contribution in [3.8, 4) is 5.75 Å². The number of nitrogens with one attached hydrogen (secondary N) is 1. The second-order valence-corrected chi connectivity index (χ2v) is 8.21. The summed E-state index contributed by atoms with van der Waals surface area (Å²) in [5.41, 5.74) is 2.30. The zero-order valence-electron chi connectivity index (χ0n) is 17.0. The molecule has 0 aliphatic heterocycles. The number of thiophene rings is 1. The first-order valence-electron chi connectivity index (χ1n) is 10.1. The SMILES string of the molecule is O=C(O)c1ccc(C=C(CNCc2cccs2)COc2cccc3ccccc23)cc1. The van der Waals surface area contributed by atoms with Gasteiger partial charge in [-0.25, -0.2) is 4.79 Å². The fourth-order valence-electron chi connectivity index (χ4n) is 3.35. The maximum atomic E-state index is 11.1. The molecule has 1 aromatic heterocycles. The summed E-state index contributed by atoms with van der Waals surface area (Å²) in [4.78, 5) is 12.4. The first-order valence-corrected chi connectivity index (χ1v) is 10.9. The average Bonchev–Trinajstić information content (AvgIpc) is 3.31. The van der Waals surface area contributed by atoms with Crippen molar-refractivity contribution in [2.75, 3.05) is 13.2 Å². The van der Waals surface area contributed by atoms with Gasteiger partial charge >= 0.3 is 5.97 Å². The first-order chi connectivity index (χ1) is 15.2. The number of hydrogen-bond donors (Lipinski definition) is 2. The van der Waals surface area contributed by atoms with Gasteiger partial charge in [-0.3, -0.25) is 0 Å². The van der Waals surface area contributed by atoms with Crippen LogP contribution in [0.5, 0.6) is 5.75 Å². The Morgan fingerprint density at radius 1 is 0.968 bits per heavy atom. The minimum Gasteiger partial charge on any atom is -0.489 e. The molecule has 4 rings (SSSR count). The Morgan fingerprint density at radius 2 is 1.77 bits per heavy atom. The molecular weight excluding hydrogens is 406 g/mol. The molecule has 0 amide bonds. The average molecular weight is 430 g/mol. The van der Waals surface area contributed by atoms with Crippen molar-refractivity contribution >= 4 is 34.2 Å². The van der Waals surface area contributed by atoms with Crippen LogP contribution in [0.15, 0.2) is 89.8 Å². The van der Waals surface area contributed by atoms with Crippen LogP contribution >= 0.6 is 11.3 Å². The lowest BCUT2D eigenvalue weighted by Crippen LogP contribution is -2.19. The molecule has 2 N–H and O–H groups in total. The van der Waals surface area contributed by atoms with Gasteiger partial charge in [-0.1, -0.05) is 60.7 Å². The smallest absolute Gasteiger partial charge is 0.335 e. The molecule has 156 valence electrons. The highest BCUT2D eigenvalue weighted by atomic mass is 32.1. The van der Waals surface area contributed by atoms with Crippen LogP contribution in [0, 0.1) is 0 Å². The minimum atomic E-state index is -0.923. The van der Waals surface area contributed by atoms with Gasteiger partial charge in [0.05, 0.1) is 5.56 Å². The summed E-state index contributed by atoms with van der Waals surface area (Å²) in [6, 6.07) is 25.3. The highest BCUT2D eigenvalue weighted by molar-refractivity contribution is 7.09. The molecule has 0 radical (unpaired) electrons. The number of carboxylic acid groups (broad SMARTS) is 1. The zero-order chi connectivity index (χ0) is 21.5. The van der Waals surface area contributed by atoms with E-state index in [0.717, 1.165) is 34.2 Å². The van der Waals surface area contributed by atoms with Crippen LogP contribution in [0.3, 0.4) is 0 Å². The van der Waals surface area contributed by atoms with E-state index < -0.39 is 5.97 Å². The minimum absolute atomic E-state index is 0.279. The van der Waals surface area contributed by atoms with E-state index in [4.69, 9.17) is 9.84 Å². The monoisotopic (exact) mass is 429 g/mol. The summed E-state index contributed by atoms with van der Waals surface area (Å²) in [5, 5.41) is 16.9. The molecule has 0 spiro atoms. The lowest BCUT2D eigenvalue weighted by molar-refractivity contribution is 0.0697. The number of ether oxygens (including phenoxy) is 1. The molecule has 5 heteroatoms. The number of benzene rings is 3. The highest BCUT2D eigenvalue weighted by Gasteiger charge is 2.06. The van der Waals surface area contributed by atoms with Gasteiger partial charge in [-0.2, -0.15) is 0 Å². The molecule has 4 nitrogen and oxygen atoms in total. The van der Waals surface area contributed by atoms with Crippen LogP contribution in [0.1, 0.15) is 20.8 Å². The van der Waals surface area contributed by atoms with Gasteiger partial charge < -0.3 is 15.2 Å². The molecule has 0 unspecified atom stereocenters. The lowest BCUT2D eigenvalue weighted by atomic mass is 10.1. The van der Waals surface area contributed by atoms with Gasteiger partial charge in [0.15, 0.2) is 0 Å². The molecule has 0 saturated heterocycles. The third-order valence-corrected chi connectivity index (χ3v) is 5.80. The Kier molecular flexibility index (Phi) is 6.77. The zero-order valence-corrected chi connectivity index (χ0v) is 17.8. The fraction of sp³-hybridized carbons (Fsp3) is 0.115. The predicted molar refractivity (Wildman–Crippen MR) is 127 cm³/mol. The fourth-order valence-corrected chi connectivity index (χ4v) is 4.03. The van der Waals surface area contributed by atoms with Gasteiger partial charge in [0, 0.05) is 23.4 Å². The highest BCUT2D eigenvalue weighted by Crippen LogP contribution is 2.25. The maximum absolute atomic E-state index is 11.1. The molecule has 0 aliphatic rings. The predicted octanol–water partition coefficient (Wildman–Crippen LogP) is 5.85. The van der Waals surface area contributed by atoms with E-state index in [1.54, 1.807) is 23.5 Å². The lowest BCUT2D eigenvalue weighted by Gasteiger charge is -2.13. The van der Waals surface area contributed by atoms with Gasteiger partial charge in [0.1, 0.15) is 12.4 Å². The Morgan fingerprint density at radius 3 is 2.55 bits per heavy atom. The van der Waals surface area contributed by atoms with Crippen molar-refractivity contribution in [2.45, 2.75) is 6.54 Å². The number of carbonyl (C=O) groups is 1. The third-order valence-electron chi connectivity index (χ3n) is 4.92. The summed E-state index contributed by atoms with van der Waals surface area (Å²) in [6.07, 6.45) is 2.05. The number of carboxylic acids is 1. The second kappa shape index (κ2) is 10.1. The van der Waals surface area contributed by atoms with Gasteiger partial charge in [-0.15, -0.1) is 11.3 Å². The number of hydrogen-bond acceptors (Lipinski definition) is 4. The molecule has 0 atom stereocenters. The summed E-state index contributed by atoms with van der Waals surface area (Å²) >= 11 is 1.73. The molecule has 0 bridgehead atoms. The van der Waals surface area contributed by atoms with Crippen molar-refractivity contribution in [3.05, 3.63) is 106 Å². The molecule has 31 heavy (non-hydrogen) atoms. The topological polar surface area (TPSA) is 58.6 Å². The Balaban J connectivity index is 1.51. The van der Waals surface area contributed by atoms with Crippen molar-refractivity contribution < 1.29 is 14.6 Å². The van der Waals surface area contributed by atoms with Crippen molar-refractivity contribution in [3.63, 3.8) is 0 Å². The van der Waals surface area contributed by atoms with Crippen LogP contribution < -0.4 is 10.1 Å². The first kappa shape index (κ1) is 20.8. The van der Waals surface area contributed by atoms with E-state index >= 15 is 0 Å². The van der Waals surface area contributed by atoms with E-state index in [2.05, 4.69) is 41.0 Å². The molecule has 4 aromatic rings. The van der Waals surface area contributed by atoms with E-state index in [1.807, 2.05) is 42.5 Å². The van der Waals surface area contributed by atoms with Crippen LogP contribution in [-0.2, 0) is 6.54 Å². The number of rotatable bonds is 9. The molecule has 3 aromatic carbocycles. The summed E-state index contributed by atoms with van der Waals surface area (Å²) in [7, 11) is 0. The van der Waals surface area contributed by atoms with Crippen LogP contribution in [0.4, 0.5) is 0 Å². The number of fused-ring (bicyclic) bond motifs is 1. The molecule has 0 saturated carbocycles.